The molecule has 0 saturated carbocycles. The van der Waals surface area contributed by atoms with Gasteiger partial charge in [-0.05, 0) is 54.7 Å². The fourth-order valence-electron chi connectivity index (χ4n) is 4.07. The molecule has 1 N–H and O–H groups in total. The van der Waals surface area contributed by atoms with Crippen LogP contribution >= 0.6 is 0 Å². The van der Waals surface area contributed by atoms with E-state index in [4.69, 9.17) is 4.74 Å². The molecule has 184 valence electrons. The van der Waals surface area contributed by atoms with Crippen LogP contribution in [0.1, 0.15) is 50.4 Å². The minimum Gasteiger partial charge on any atom is -0.476 e. The van der Waals surface area contributed by atoms with Crippen molar-refractivity contribution in [1.29, 1.82) is 0 Å². The second-order valence-electron chi connectivity index (χ2n) is 10.0. The van der Waals surface area contributed by atoms with E-state index in [2.05, 4.69) is 38.2 Å². The molecule has 0 saturated heterocycles. The van der Waals surface area contributed by atoms with Gasteiger partial charge >= 0.3 is 0 Å². The summed E-state index contributed by atoms with van der Waals surface area (Å²) >= 11 is 0. The molecule has 0 bridgehead atoms. The first-order valence-corrected chi connectivity index (χ1v) is 13.2. The van der Waals surface area contributed by atoms with Crippen LogP contribution in [0.5, 0.6) is 5.75 Å². The van der Waals surface area contributed by atoms with Crippen LogP contribution in [-0.4, -0.2) is 27.0 Å². The first kappa shape index (κ1) is 24.8. The predicted octanol–water partition coefficient (Wildman–Crippen LogP) is 5.13. The first-order chi connectivity index (χ1) is 16.5. The Hall–Kier alpha value is -3.32. The number of para-hydroxylation sites is 2. The van der Waals surface area contributed by atoms with Gasteiger partial charge in [0.25, 0.3) is 15.9 Å². The zero-order chi connectivity index (χ0) is 25.4. The van der Waals surface area contributed by atoms with Gasteiger partial charge in [-0.1, -0.05) is 74.9 Å². The van der Waals surface area contributed by atoms with Crippen LogP contribution in [0.3, 0.4) is 0 Å². The molecule has 7 heteroatoms. The number of nitrogens with one attached hydrogen (secondary N) is 1. The summed E-state index contributed by atoms with van der Waals surface area (Å²) in [6, 6.07) is 21.5. The first-order valence-electron chi connectivity index (χ1n) is 11.7. The molecule has 35 heavy (non-hydrogen) atoms. The number of hydrogen-bond donors (Lipinski definition) is 1. The van der Waals surface area contributed by atoms with Crippen molar-refractivity contribution in [2.45, 2.75) is 57.1 Å². The highest BCUT2D eigenvalue weighted by atomic mass is 32.2. The minimum absolute atomic E-state index is 0.0424. The summed E-state index contributed by atoms with van der Waals surface area (Å²) in [6.07, 6.45) is -0.985. The highest BCUT2D eigenvalue weighted by Crippen LogP contribution is 2.37. The third kappa shape index (κ3) is 5.20. The third-order valence-electron chi connectivity index (χ3n) is 6.27. The highest BCUT2D eigenvalue weighted by Gasteiger charge is 2.37. The van der Waals surface area contributed by atoms with E-state index in [-0.39, 0.29) is 28.8 Å². The van der Waals surface area contributed by atoms with Gasteiger partial charge in [0.2, 0.25) is 0 Å². The van der Waals surface area contributed by atoms with Crippen LogP contribution < -0.4 is 14.4 Å². The molecule has 0 radical (unpaired) electrons. The number of nitrogens with zero attached hydrogens (tertiary/aromatic N) is 1. The number of anilines is 1. The van der Waals surface area contributed by atoms with Gasteiger partial charge in [-0.3, -0.25) is 9.10 Å². The lowest BCUT2D eigenvalue weighted by Crippen LogP contribution is -2.51. The Bertz CT molecular complexity index is 1310. The molecule has 0 aliphatic carbocycles. The van der Waals surface area contributed by atoms with Crippen molar-refractivity contribution in [3.8, 4) is 5.75 Å². The van der Waals surface area contributed by atoms with Gasteiger partial charge in [0.05, 0.1) is 23.2 Å². The number of ether oxygens (including phenoxy) is 1. The third-order valence-corrected chi connectivity index (χ3v) is 8.07. The summed E-state index contributed by atoms with van der Waals surface area (Å²) < 4.78 is 34.3. The van der Waals surface area contributed by atoms with E-state index in [1.807, 2.05) is 26.0 Å². The lowest BCUT2D eigenvalue weighted by molar-refractivity contribution is -0.128. The van der Waals surface area contributed by atoms with Gasteiger partial charge in [-0.15, -0.1) is 0 Å². The second-order valence-corrected chi connectivity index (χ2v) is 11.9. The zero-order valence-corrected chi connectivity index (χ0v) is 21.6. The van der Waals surface area contributed by atoms with Crippen molar-refractivity contribution in [3.63, 3.8) is 0 Å². The number of amides is 1. The predicted molar refractivity (Wildman–Crippen MR) is 138 cm³/mol. The number of rotatable bonds is 5. The van der Waals surface area contributed by atoms with E-state index in [0.29, 0.717) is 11.4 Å². The smallest absolute Gasteiger partial charge is 0.264 e. The van der Waals surface area contributed by atoms with Crippen LogP contribution in [0.25, 0.3) is 0 Å². The topological polar surface area (TPSA) is 75.7 Å². The molecular weight excluding hydrogens is 460 g/mol. The number of aryl methyl sites for hydroxylation is 1. The average Bonchev–Trinajstić information content (AvgIpc) is 2.83. The summed E-state index contributed by atoms with van der Waals surface area (Å²) in [5.41, 5.74) is 3.60. The maximum atomic E-state index is 13.5. The van der Waals surface area contributed by atoms with E-state index in [1.54, 1.807) is 48.5 Å². The number of benzene rings is 3. The molecule has 2 atom stereocenters. The molecule has 1 aliphatic rings. The Balaban J connectivity index is 1.57. The number of sulfonamides is 1. The lowest BCUT2D eigenvalue weighted by Gasteiger charge is -2.35. The molecule has 3 aromatic carbocycles. The molecule has 1 amide bonds. The van der Waals surface area contributed by atoms with E-state index >= 15 is 0 Å². The molecule has 0 aromatic heterocycles. The number of hydrogen-bond acceptors (Lipinski definition) is 4. The molecule has 1 aliphatic heterocycles. The van der Waals surface area contributed by atoms with Crippen molar-refractivity contribution in [2.24, 2.45) is 0 Å². The summed E-state index contributed by atoms with van der Waals surface area (Å²) in [4.78, 5) is 13.4. The van der Waals surface area contributed by atoms with Crippen LogP contribution in [0.15, 0.2) is 77.7 Å². The van der Waals surface area contributed by atoms with Crippen molar-refractivity contribution in [3.05, 3.63) is 89.5 Å². The Morgan fingerprint density at radius 3 is 2.26 bits per heavy atom. The SMILES string of the molecule is Cc1ccc(S(=O)(=O)N2CC(C(=O)NC(C)c3ccc(C(C)(C)C)cc3)Oc3ccccc32)cc1. The van der Waals surface area contributed by atoms with E-state index in [0.717, 1.165) is 11.1 Å². The van der Waals surface area contributed by atoms with Gasteiger partial charge in [0, 0.05) is 0 Å². The molecule has 3 aromatic rings. The van der Waals surface area contributed by atoms with Crippen LogP contribution in [0, 0.1) is 6.92 Å². The summed E-state index contributed by atoms with van der Waals surface area (Å²) in [6.45, 7) is 10.2. The molecule has 4 rings (SSSR count). The van der Waals surface area contributed by atoms with Crippen LogP contribution in [0.4, 0.5) is 5.69 Å². The summed E-state index contributed by atoms with van der Waals surface area (Å²) in [5, 5.41) is 2.99. The largest absolute Gasteiger partial charge is 0.476 e. The quantitative estimate of drug-likeness (QED) is 0.536. The molecule has 1 heterocycles. The molecule has 0 spiro atoms. The Labute approximate surface area is 208 Å². The summed E-state index contributed by atoms with van der Waals surface area (Å²) in [7, 11) is -3.88. The molecule has 6 nitrogen and oxygen atoms in total. The Kier molecular flexibility index (Phi) is 6.64. The van der Waals surface area contributed by atoms with Gasteiger partial charge in [0.15, 0.2) is 6.10 Å². The monoisotopic (exact) mass is 492 g/mol. The van der Waals surface area contributed by atoms with Gasteiger partial charge < -0.3 is 10.1 Å². The van der Waals surface area contributed by atoms with E-state index in [9.17, 15) is 13.2 Å². The maximum absolute atomic E-state index is 13.5. The standard InChI is InChI=1S/C28H32N2O4S/c1-19-10-16-23(17-11-19)35(32,33)30-18-26(34-25-9-7-6-8-24(25)30)27(31)29-20(2)21-12-14-22(15-13-21)28(3,4)5/h6-17,20,26H,18H2,1-5H3,(H,29,31). The minimum atomic E-state index is -3.88. The van der Waals surface area contributed by atoms with Crippen LogP contribution in [-0.2, 0) is 20.2 Å². The van der Waals surface area contributed by atoms with E-state index in [1.165, 1.54) is 9.87 Å². The van der Waals surface area contributed by atoms with Crippen molar-refractivity contribution >= 4 is 21.6 Å². The van der Waals surface area contributed by atoms with Crippen molar-refractivity contribution < 1.29 is 17.9 Å². The zero-order valence-electron chi connectivity index (χ0n) is 20.8. The van der Waals surface area contributed by atoms with Crippen LogP contribution in [0.2, 0.25) is 0 Å². The lowest BCUT2D eigenvalue weighted by atomic mass is 9.86. The average molecular weight is 493 g/mol. The number of fused-ring (bicyclic) bond motifs is 1. The maximum Gasteiger partial charge on any atom is 0.264 e. The molecular formula is C28H32N2O4S. The fraction of sp³-hybridized carbons (Fsp3) is 0.321. The fourth-order valence-corrected chi connectivity index (χ4v) is 5.54. The molecule has 0 fully saturated rings. The summed E-state index contributed by atoms with van der Waals surface area (Å²) in [5.74, 6) is -0.00669. The normalized spacial score (nSPS) is 16.7. The highest BCUT2D eigenvalue weighted by molar-refractivity contribution is 7.92. The number of carbonyl (C=O) groups excluding carboxylic acids is 1. The van der Waals surface area contributed by atoms with Gasteiger partial charge in [-0.25, -0.2) is 8.42 Å². The van der Waals surface area contributed by atoms with Crippen molar-refractivity contribution in [2.75, 3.05) is 10.8 Å². The Morgan fingerprint density at radius 1 is 1.00 bits per heavy atom. The molecule has 2 unspecified atom stereocenters. The van der Waals surface area contributed by atoms with E-state index < -0.39 is 16.1 Å². The van der Waals surface area contributed by atoms with Gasteiger partial charge in [0.1, 0.15) is 5.75 Å². The Morgan fingerprint density at radius 2 is 1.63 bits per heavy atom. The number of carbonyl (C=O) groups is 1. The van der Waals surface area contributed by atoms with Gasteiger partial charge in [-0.2, -0.15) is 0 Å². The second kappa shape index (κ2) is 9.38. The van der Waals surface area contributed by atoms with Crippen molar-refractivity contribution in [1.82, 2.24) is 5.32 Å².